The lowest BCUT2D eigenvalue weighted by Crippen LogP contribution is -2.44. The number of aliphatic imine (C=N–C) groups is 1. The van der Waals surface area contributed by atoms with Crippen molar-refractivity contribution in [3.05, 3.63) is 29.8 Å². The molecule has 0 saturated carbocycles. The number of likely N-dealkylation sites (tertiary alicyclic amines) is 1. The quantitative estimate of drug-likeness (QED) is 0.598. The van der Waals surface area contributed by atoms with E-state index in [0.29, 0.717) is 12.6 Å². The maximum absolute atomic E-state index is 5.18. The van der Waals surface area contributed by atoms with E-state index in [2.05, 4.69) is 46.5 Å². The van der Waals surface area contributed by atoms with Crippen LogP contribution < -0.4 is 15.4 Å². The largest absolute Gasteiger partial charge is 0.497 e. The molecule has 128 valence electrons. The molecule has 23 heavy (non-hydrogen) atoms. The van der Waals surface area contributed by atoms with Crippen LogP contribution >= 0.6 is 0 Å². The molecule has 1 aromatic carbocycles. The predicted molar refractivity (Wildman–Crippen MR) is 96.1 cm³/mol. The summed E-state index contributed by atoms with van der Waals surface area (Å²) in [7, 11) is 1.68. The van der Waals surface area contributed by atoms with Crippen LogP contribution in [-0.2, 0) is 6.54 Å². The molecule has 1 aliphatic heterocycles. The minimum Gasteiger partial charge on any atom is -0.497 e. The Labute approximate surface area is 140 Å². The molecule has 2 N–H and O–H groups in total. The fourth-order valence-corrected chi connectivity index (χ4v) is 3.00. The lowest BCUT2D eigenvalue weighted by Gasteiger charge is -2.24. The van der Waals surface area contributed by atoms with Crippen LogP contribution in [-0.4, -0.2) is 50.2 Å². The van der Waals surface area contributed by atoms with E-state index in [1.807, 2.05) is 12.1 Å². The number of methoxy groups -OCH3 is 1. The number of guanidine groups is 1. The molecule has 1 fully saturated rings. The van der Waals surface area contributed by atoms with Crippen molar-refractivity contribution in [1.82, 2.24) is 15.5 Å². The van der Waals surface area contributed by atoms with E-state index >= 15 is 0 Å². The Balaban J connectivity index is 1.88. The first-order valence-corrected chi connectivity index (χ1v) is 8.66. The van der Waals surface area contributed by atoms with Crippen molar-refractivity contribution in [2.45, 2.75) is 39.3 Å². The number of nitrogens with one attached hydrogen (secondary N) is 2. The van der Waals surface area contributed by atoms with E-state index in [0.717, 1.165) is 31.3 Å². The first-order valence-electron chi connectivity index (χ1n) is 8.66. The third-order valence-electron chi connectivity index (χ3n) is 4.33. The Kier molecular flexibility index (Phi) is 7.20. The number of rotatable bonds is 7. The van der Waals surface area contributed by atoms with Crippen molar-refractivity contribution in [1.29, 1.82) is 0 Å². The number of ether oxygens (including phenoxy) is 1. The number of hydrogen-bond donors (Lipinski definition) is 2. The Morgan fingerprint density at radius 3 is 2.70 bits per heavy atom. The predicted octanol–water partition coefficient (Wildman–Crippen LogP) is 2.23. The van der Waals surface area contributed by atoms with Gasteiger partial charge in [0.25, 0.3) is 0 Å². The molecular formula is C18H30N4O. The van der Waals surface area contributed by atoms with Gasteiger partial charge in [0.15, 0.2) is 5.96 Å². The maximum Gasteiger partial charge on any atom is 0.191 e. The van der Waals surface area contributed by atoms with E-state index in [4.69, 9.17) is 4.74 Å². The van der Waals surface area contributed by atoms with Crippen molar-refractivity contribution in [3.8, 4) is 5.75 Å². The van der Waals surface area contributed by atoms with Crippen molar-refractivity contribution in [2.75, 3.05) is 33.3 Å². The van der Waals surface area contributed by atoms with Crippen LogP contribution in [0.5, 0.6) is 5.75 Å². The van der Waals surface area contributed by atoms with Gasteiger partial charge in [-0.1, -0.05) is 19.1 Å². The zero-order chi connectivity index (χ0) is 16.5. The second-order valence-electron chi connectivity index (χ2n) is 5.85. The summed E-state index contributed by atoms with van der Waals surface area (Å²) in [5, 5.41) is 6.82. The molecule has 1 atom stereocenters. The average Bonchev–Trinajstić information content (AvgIpc) is 3.05. The van der Waals surface area contributed by atoms with Gasteiger partial charge in [0.05, 0.1) is 13.7 Å². The van der Waals surface area contributed by atoms with Crippen molar-refractivity contribution < 1.29 is 4.74 Å². The van der Waals surface area contributed by atoms with Gasteiger partial charge in [-0.05, 0) is 50.6 Å². The highest BCUT2D eigenvalue weighted by molar-refractivity contribution is 5.79. The van der Waals surface area contributed by atoms with Gasteiger partial charge in [-0.25, -0.2) is 4.99 Å². The Bertz CT molecular complexity index is 486. The summed E-state index contributed by atoms with van der Waals surface area (Å²) in [6.45, 7) is 9.19. The van der Waals surface area contributed by atoms with Crippen molar-refractivity contribution in [2.24, 2.45) is 4.99 Å². The summed E-state index contributed by atoms with van der Waals surface area (Å²) in [4.78, 5) is 7.23. The molecular weight excluding hydrogens is 288 g/mol. The number of benzene rings is 1. The van der Waals surface area contributed by atoms with E-state index in [1.165, 1.54) is 24.9 Å². The molecule has 1 aromatic rings. The highest BCUT2D eigenvalue weighted by atomic mass is 16.5. The van der Waals surface area contributed by atoms with Gasteiger partial charge < -0.3 is 15.4 Å². The molecule has 0 amide bonds. The molecule has 1 unspecified atom stereocenters. The van der Waals surface area contributed by atoms with Gasteiger partial charge >= 0.3 is 0 Å². The summed E-state index contributed by atoms with van der Waals surface area (Å²) >= 11 is 0. The Hall–Kier alpha value is -1.75. The Morgan fingerprint density at radius 2 is 2.04 bits per heavy atom. The molecule has 1 heterocycles. The second-order valence-corrected chi connectivity index (χ2v) is 5.85. The third kappa shape index (κ3) is 5.43. The van der Waals surface area contributed by atoms with Crippen LogP contribution in [0.4, 0.5) is 0 Å². The third-order valence-corrected chi connectivity index (χ3v) is 4.33. The summed E-state index contributed by atoms with van der Waals surface area (Å²) in [6.07, 6.45) is 2.58. The van der Waals surface area contributed by atoms with E-state index in [1.54, 1.807) is 7.11 Å². The molecule has 1 aliphatic rings. The van der Waals surface area contributed by atoms with Gasteiger partial charge in [0.2, 0.25) is 0 Å². The number of nitrogens with zero attached hydrogens (tertiary/aromatic N) is 2. The topological polar surface area (TPSA) is 48.9 Å². The normalized spacial score (nSPS) is 18.9. The van der Waals surface area contributed by atoms with Gasteiger partial charge in [-0.3, -0.25) is 4.90 Å². The lowest BCUT2D eigenvalue weighted by molar-refractivity contribution is 0.267. The van der Waals surface area contributed by atoms with Crippen molar-refractivity contribution >= 4 is 5.96 Å². The second kappa shape index (κ2) is 9.40. The minimum absolute atomic E-state index is 0.629. The van der Waals surface area contributed by atoms with E-state index < -0.39 is 0 Å². The van der Waals surface area contributed by atoms with Gasteiger partial charge in [0, 0.05) is 19.1 Å². The van der Waals surface area contributed by atoms with Crippen LogP contribution in [0.1, 0.15) is 32.3 Å². The van der Waals surface area contributed by atoms with Crippen LogP contribution in [0.25, 0.3) is 0 Å². The average molecular weight is 318 g/mol. The van der Waals surface area contributed by atoms with E-state index in [9.17, 15) is 0 Å². The van der Waals surface area contributed by atoms with Crippen LogP contribution in [0.3, 0.4) is 0 Å². The molecule has 1 saturated heterocycles. The Morgan fingerprint density at radius 1 is 1.26 bits per heavy atom. The standard InChI is InChI=1S/C18H30N4O/c1-4-19-18(21-14-16-7-6-12-22(16)5-2)20-13-15-8-10-17(23-3)11-9-15/h8-11,16H,4-7,12-14H2,1-3H3,(H2,19,20,21). The molecule has 2 rings (SSSR count). The maximum atomic E-state index is 5.18. The minimum atomic E-state index is 0.629. The fourth-order valence-electron chi connectivity index (χ4n) is 3.00. The monoisotopic (exact) mass is 318 g/mol. The van der Waals surface area contributed by atoms with Crippen LogP contribution in [0, 0.1) is 0 Å². The summed E-state index contributed by atoms with van der Waals surface area (Å²) < 4.78 is 5.18. The highest BCUT2D eigenvalue weighted by Crippen LogP contribution is 2.15. The number of hydrogen-bond acceptors (Lipinski definition) is 3. The van der Waals surface area contributed by atoms with Crippen molar-refractivity contribution in [3.63, 3.8) is 0 Å². The first-order chi connectivity index (χ1) is 11.3. The molecule has 5 heteroatoms. The van der Waals surface area contributed by atoms with Crippen LogP contribution in [0.2, 0.25) is 0 Å². The van der Waals surface area contributed by atoms with Crippen LogP contribution in [0.15, 0.2) is 29.3 Å². The van der Waals surface area contributed by atoms with Gasteiger partial charge in [0.1, 0.15) is 5.75 Å². The molecule has 5 nitrogen and oxygen atoms in total. The first kappa shape index (κ1) is 17.6. The zero-order valence-electron chi connectivity index (χ0n) is 14.6. The SMILES string of the molecule is CCNC(=NCc1ccc(OC)cc1)NCC1CCCN1CC. The fraction of sp³-hybridized carbons (Fsp3) is 0.611. The molecule has 0 spiro atoms. The summed E-state index contributed by atoms with van der Waals surface area (Å²) in [6, 6.07) is 8.69. The van der Waals surface area contributed by atoms with Gasteiger partial charge in [-0.15, -0.1) is 0 Å². The summed E-state index contributed by atoms with van der Waals surface area (Å²) in [5.41, 5.74) is 1.18. The zero-order valence-corrected chi connectivity index (χ0v) is 14.6. The van der Waals surface area contributed by atoms with E-state index in [-0.39, 0.29) is 0 Å². The molecule has 0 bridgehead atoms. The molecule has 0 aliphatic carbocycles. The smallest absolute Gasteiger partial charge is 0.191 e. The lowest BCUT2D eigenvalue weighted by atomic mass is 10.2. The number of likely N-dealkylation sites (N-methyl/N-ethyl adjacent to an activating group) is 1. The highest BCUT2D eigenvalue weighted by Gasteiger charge is 2.22. The molecule has 0 aromatic heterocycles. The van der Waals surface area contributed by atoms with Gasteiger partial charge in [-0.2, -0.15) is 0 Å². The summed E-state index contributed by atoms with van der Waals surface area (Å²) in [5.74, 6) is 1.77. The molecule has 0 radical (unpaired) electrons.